The highest BCUT2D eigenvalue weighted by atomic mass is 16.5. The average Bonchev–Trinajstić information content (AvgIpc) is 1.63. The summed E-state index contributed by atoms with van der Waals surface area (Å²) in [6.07, 6.45) is -0.595. The van der Waals surface area contributed by atoms with Crippen LogP contribution in [0.2, 0.25) is 0 Å². The molecule has 0 N–H and O–H groups in total. The molecule has 0 spiro atoms. The van der Waals surface area contributed by atoms with Gasteiger partial charge in [0.15, 0.2) is 11.9 Å². The molecule has 0 amide bonds. The Balaban J connectivity index is 0. The third-order valence-corrected chi connectivity index (χ3v) is 0.915. The van der Waals surface area contributed by atoms with E-state index in [1.54, 1.807) is 6.92 Å². The molecule has 0 fully saturated rings. The fourth-order valence-electron chi connectivity index (χ4n) is 0.332. The molecule has 3 nitrogen and oxygen atoms in total. The Bertz CT molecular complexity index is 129. The summed E-state index contributed by atoms with van der Waals surface area (Å²) in [5.74, 6) is -0.553. The second-order valence-electron chi connectivity index (χ2n) is 1.86. The molecule has 0 aliphatic carbocycles. The van der Waals surface area contributed by atoms with Crippen LogP contribution in [0.1, 0.15) is 28.2 Å². The Morgan fingerprint density at radius 3 is 1.80 bits per heavy atom. The van der Waals surface area contributed by atoms with Crippen LogP contribution >= 0.6 is 0 Å². The molecule has 3 heteroatoms. The lowest BCUT2D eigenvalue weighted by atomic mass is 10.3. The Labute approximate surface area is 61.4 Å². The predicted molar refractivity (Wildman–Crippen MR) is 38.6 cm³/mol. The summed E-state index contributed by atoms with van der Waals surface area (Å²) in [5, 5.41) is 0. The SMILES string of the molecule is C.CC(=O)OC(C)C(C)=O. The number of carbonyl (C=O) groups excluding carboxylic acids is 2. The van der Waals surface area contributed by atoms with E-state index in [4.69, 9.17) is 0 Å². The topological polar surface area (TPSA) is 43.4 Å². The number of carbonyl (C=O) groups is 2. The maximum absolute atomic E-state index is 10.4. The van der Waals surface area contributed by atoms with Gasteiger partial charge in [-0.05, 0) is 13.8 Å². The number of esters is 1. The number of rotatable bonds is 2. The van der Waals surface area contributed by atoms with Crippen molar-refractivity contribution in [3.63, 3.8) is 0 Å². The molecule has 1 atom stereocenters. The van der Waals surface area contributed by atoms with Crippen molar-refractivity contribution in [1.82, 2.24) is 0 Å². The highest BCUT2D eigenvalue weighted by Gasteiger charge is 2.08. The minimum absolute atomic E-state index is 0. The van der Waals surface area contributed by atoms with Crippen LogP contribution in [0.3, 0.4) is 0 Å². The van der Waals surface area contributed by atoms with E-state index in [9.17, 15) is 9.59 Å². The highest BCUT2D eigenvalue weighted by Crippen LogP contribution is 1.91. The van der Waals surface area contributed by atoms with Crippen molar-refractivity contribution in [2.75, 3.05) is 0 Å². The zero-order valence-electron chi connectivity index (χ0n) is 5.80. The van der Waals surface area contributed by atoms with Gasteiger partial charge in [0.2, 0.25) is 0 Å². The minimum Gasteiger partial charge on any atom is -0.455 e. The van der Waals surface area contributed by atoms with Crippen LogP contribution in [0, 0.1) is 0 Å². The molecule has 0 aliphatic rings. The quantitative estimate of drug-likeness (QED) is 0.549. The zero-order valence-corrected chi connectivity index (χ0v) is 5.80. The molecule has 0 rings (SSSR count). The summed E-state index contributed by atoms with van der Waals surface area (Å²) >= 11 is 0. The first kappa shape index (κ1) is 11.9. The van der Waals surface area contributed by atoms with Gasteiger partial charge in [0.25, 0.3) is 0 Å². The van der Waals surface area contributed by atoms with Crippen molar-refractivity contribution in [2.24, 2.45) is 0 Å². The van der Waals surface area contributed by atoms with Crippen molar-refractivity contribution in [2.45, 2.75) is 34.3 Å². The zero-order chi connectivity index (χ0) is 7.44. The van der Waals surface area contributed by atoms with E-state index in [-0.39, 0.29) is 13.2 Å². The van der Waals surface area contributed by atoms with E-state index in [1.807, 2.05) is 0 Å². The molecular formula is C7H14O3. The van der Waals surface area contributed by atoms with Gasteiger partial charge in [-0.1, -0.05) is 7.43 Å². The number of Topliss-reactive ketones (excluding diaryl/α,β-unsaturated/α-hetero) is 1. The van der Waals surface area contributed by atoms with Gasteiger partial charge in [-0.15, -0.1) is 0 Å². The summed E-state index contributed by atoms with van der Waals surface area (Å²) in [7, 11) is 0. The largest absolute Gasteiger partial charge is 0.455 e. The number of ketones is 1. The van der Waals surface area contributed by atoms with Gasteiger partial charge in [-0.2, -0.15) is 0 Å². The molecule has 0 aliphatic heterocycles. The van der Waals surface area contributed by atoms with Gasteiger partial charge in [0.05, 0.1) is 0 Å². The van der Waals surface area contributed by atoms with Crippen LogP contribution in [0.25, 0.3) is 0 Å². The van der Waals surface area contributed by atoms with Crippen molar-refractivity contribution in [1.29, 1.82) is 0 Å². The normalized spacial score (nSPS) is 11.1. The van der Waals surface area contributed by atoms with Crippen molar-refractivity contribution >= 4 is 11.8 Å². The number of hydrogen-bond donors (Lipinski definition) is 0. The van der Waals surface area contributed by atoms with E-state index in [2.05, 4.69) is 4.74 Å². The summed E-state index contributed by atoms with van der Waals surface area (Å²) < 4.78 is 4.52. The first-order chi connectivity index (χ1) is 4.04. The van der Waals surface area contributed by atoms with Crippen LogP contribution in [0.15, 0.2) is 0 Å². The molecule has 60 valence electrons. The Morgan fingerprint density at radius 1 is 1.30 bits per heavy atom. The second kappa shape index (κ2) is 4.97. The Morgan fingerprint density at radius 2 is 1.70 bits per heavy atom. The molecule has 0 aromatic heterocycles. The first-order valence-electron chi connectivity index (χ1n) is 2.71. The van der Waals surface area contributed by atoms with Gasteiger partial charge < -0.3 is 4.74 Å². The summed E-state index contributed by atoms with van der Waals surface area (Å²) in [4.78, 5) is 20.6. The monoisotopic (exact) mass is 146 g/mol. The fraction of sp³-hybridized carbons (Fsp3) is 0.714. The molecule has 0 aromatic rings. The van der Waals surface area contributed by atoms with Crippen molar-refractivity contribution in [3.8, 4) is 0 Å². The van der Waals surface area contributed by atoms with Crippen LogP contribution in [0.5, 0.6) is 0 Å². The lowest BCUT2D eigenvalue weighted by molar-refractivity contribution is -0.151. The Kier molecular flexibility index (Phi) is 5.90. The molecule has 10 heavy (non-hydrogen) atoms. The fourth-order valence-corrected chi connectivity index (χ4v) is 0.332. The summed E-state index contributed by atoms with van der Waals surface area (Å²) in [5.41, 5.74) is 0. The molecule has 0 aromatic carbocycles. The van der Waals surface area contributed by atoms with E-state index in [1.165, 1.54) is 13.8 Å². The van der Waals surface area contributed by atoms with Gasteiger partial charge >= 0.3 is 5.97 Å². The van der Waals surface area contributed by atoms with Crippen LogP contribution < -0.4 is 0 Å². The van der Waals surface area contributed by atoms with Gasteiger partial charge in [-0.3, -0.25) is 9.59 Å². The molecule has 0 saturated carbocycles. The highest BCUT2D eigenvalue weighted by molar-refractivity contribution is 5.82. The number of ether oxygens (including phenoxy) is 1. The maximum atomic E-state index is 10.4. The van der Waals surface area contributed by atoms with Crippen LogP contribution in [-0.4, -0.2) is 17.9 Å². The van der Waals surface area contributed by atoms with E-state index >= 15 is 0 Å². The van der Waals surface area contributed by atoms with E-state index in [0.717, 1.165) is 0 Å². The predicted octanol–water partition coefficient (Wildman–Crippen LogP) is 1.16. The van der Waals surface area contributed by atoms with E-state index in [0.29, 0.717) is 0 Å². The first-order valence-corrected chi connectivity index (χ1v) is 2.71. The molecule has 0 radical (unpaired) electrons. The van der Waals surface area contributed by atoms with Crippen LogP contribution in [-0.2, 0) is 14.3 Å². The summed E-state index contributed by atoms with van der Waals surface area (Å²) in [6, 6.07) is 0. The van der Waals surface area contributed by atoms with Gasteiger partial charge in [0, 0.05) is 6.92 Å². The lowest BCUT2D eigenvalue weighted by Gasteiger charge is -2.05. The summed E-state index contributed by atoms with van der Waals surface area (Å²) in [6.45, 7) is 4.21. The maximum Gasteiger partial charge on any atom is 0.303 e. The van der Waals surface area contributed by atoms with Crippen molar-refractivity contribution < 1.29 is 14.3 Å². The third-order valence-electron chi connectivity index (χ3n) is 0.915. The molecule has 0 saturated heterocycles. The molecular weight excluding hydrogens is 132 g/mol. The van der Waals surface area contributed by atoms with E-state index < -0.39 is 12.1 Å². The smallest absolute Gasteiger partial charge is 0.303 e. The average molecular weight is 146 g/mol. The molecule has 0 heterocycles. The molecule has 1 unspecified atom stereocenters. The van der Waals surface area contributed by atoms with Gasteiger partial charge in [0.1, 0.15) is 0 Å². The van der Waals surface area contributed by atoms with Crippen LogP contribution in [0.4, 0.5) is 0 Å². The minimum atomic E-state index is -0.595. The molecule has 0 bridgehead atoms. The second-order valence-corrected chi connectivity index (χ2v) is 1.86. The number of hydrogen-bond acceptors (Lipinski definition) is 3. The lowest BCUT2D eigenvalue weighted by Crippen LogP contribution is -2.19. The van der Waals surface area contributed by atoms with Gasteiger partial charge in [-0.25, -0.2) is 0 Å². The van der Waals surface area contributed by atoms with Crippen molar-refractivity contribution in [3.05, 3.63) is 0 Å². The Hall–Kier alpha value is -0.860. The standard InChI is InChI=1S/C6H10O3.CH4/c1-4(7)5(2)9-6(3)8;/h5H,1-3H3;1H4. The third kappa shape index (κ3) is 5.28.